The number of para-hydroxylation sites is 1. The third-order valence-corrected chi connectivity index (χ3v) is 6.51. The van der Waals surface area contributed by atoms with Gasteiger partial charge in [0.05, 0.1) is 22.3 Å². The molecule has 1 N–H and O–H groups in total. The van der Waals surface area contributed by atoms with Gasteiger partial charge in [-0.05, 0) is 61.9 Å². The molecule has 0 saturated heterocycles. The van der Waals surface area contributed by atoms with Crippen LogP contribution in [0, 0.1) is 20.8 Å². The van der Waals surface area contributed by atoms with E-state index in [1.165, 1.54) is 16.4 Å². The number of tetrazole rings is 1. The van der Waals surface area contributed by atoms with E-state index < -0.39 is 5.25 Å². The Labute approximate surface area is 195 Å². The highest BCUT2D eigenvalue weighted by Crippen LogP contribution is 2.26. The summed E-state index contributed by atoms with van der Waals surface area (Å²) in [5, 5.41) is 14.7. The number of carbonyl (C=O) groups is 1. The molecule has 33 heavy (non-hydrogen) atoms. The predicted octanol–water partition coefficient (Wildman–Crippen LogP) is 3.20. The number of anilines is 1. The van der Waals surface area contributed by atoms with Gasteiger partial charge < -0.3 is 5.32 Å². The number of nitrogens with one attached hydrogen (secondary N) is 1. The van der Waals surface area contributed by atoms with E-state index in [1.54, 1.807) is 30.3 Å². The van der Waals surface area contributed by atoms with Gasteiger partial charge in [0.2, 0.25) is 11.1 Å². The fraction of sp³-hybridized carbons (Fsp3) is 0.261. The first-order valence-corrected chi connectivity index (χ1v) is 11.3. The summed E-state index contributed by atoms with van der Waals surface area (Å²) in [6.45, 7) is 7.57. The van der Waals surface area contributed by atoms with Crippen molar-refractivity contribution in [3.8, 4) is 11.4 Å². The molecule has 0 saturated carbocycles. The minimum atomic E-state index is -0.537. The number of hydrogen-bond acceptors (Lipinski definition) is 6. The molecule has 0 aliphatic carbocycles. The number of rotatable bonds is 6. The van der Waals surface area contributed by atoms with Gasteiger partial charge in [-0.15, -0.1) is 5.10 Å². The van der Waals surface area contributed by atoms with E-state index in [4.69, 9.17) is 0 Å². The third kappa shape index (κ3) is 4.34. The zero-order valence-corrected chi connectivity index (χ0v) is 19.9. The van der Waals surface area contributed by atoms with Crippen LogP contribution < -0.4 is 10.9 Å². The summed E-state index contributed by atoms with van der Waals surface area (Å²) < 4.78 is 4.88. The first-order chi connectivity index (χ1) is 15.8. The van der Waals surface area contributed by atoms with Gasteiger partial charge in [0, 0.05) is 7.05 Å². The lowest BCUT2D eigenvalue weighted by Gasteiger charge is -2.12. The third-order valence-electron chi connectivity index (χ3n) is 5.48. The number of hydrogen-bond donors (Lipinski definition) is 1. The molecule has 0 aliphatic heterocycles. The van der Waals surface area contributed by atoms with E-state index in [9.17, 15) is 9.59 Å². The van der Waals surface area contributed by atoms with Crippen molar-refractivity contribution >= 4 is 23.4 Å². The lowest BCUT2D eigenvalue weighted by atomic mass is 10.1. The number of carbonyl (C=O) groups excluding carboxylic acids is 1. The van der Waals surface area contributed by atoms with Gasteiger partial charge in [-0.25, -0.2) is 4.68 Å². The van der Waals surface area contributed by atoms with Crippen LogP contribution in [0.4, 0.5) is 5.69 Å². The molecule has 2 aromatic carbocycles. The smallest absolute Gasteiger partial charge is 0.295 e. The maximum Gasteiger partial charge on any atom is 0.295 e. The van der Waals surface area contributed by atoms with Gasteiger partial charge in [-0.2, -0.15) is 4.68 Å². The molecule has 0 bridgehead atoms. The van der Waals surface area contributed by atoms with Gasteiger partial charge >= 0.3 is 0 Å². The van der Waals surface area contributed by atoms with Crippen LogP contribution in [0.2, 0.25) is 0 Å². The van der Waals surface area contributed by atoms with Crippen molar-refractivity contribution < 1.29 is 4.79 Å². The molecule has 10 heteroatoms. The summed E-state index contributed by atoms with van der Waals surface area (Å²) in [7, 11) is 1.79. The molecule has 1 amide bonds. The second kappa shape index (κ2) is 9.07. The highest BCUT2D eigenvalue weighted by molar-refractivity contribution is 8.00. The Morgan fingerprint density at radius 2 is 1.82 bits per heavy atom. The van der Waals surface area contributed by atoms with Crippen molar-refractivity contribution in [3.05, 3.63) is 75.7 Å². The second-order valence-corrected chi connectivity index (χ2v) is 9.16. The van der Waals surface area contributed by atoms with E-state index in [1.807, 2.05) is 56.3 Å². The standard InChI is InChI=1S/C23H25N7O2S/c1-14-11-12-19(15(2)13-14)29-23(25-26-27-29)33-17(4)21(31)24-20-16(3)28(5)30(22(20)32)18-9-7-6-8-10-18/h6-13,17H,1-5H3,(H,24,31). The first kappa shape index (κ1) is 22.5. The lowest BCUT2D eigenvalue weighted by Crippen LogP contribution is -2.27. The van der Waals surface area contributed by atoms with Crippen molar-refractivity contribution in [1.29, 1.82) is 0 Å². The molecule has 0 fully saturated rings. The summed E-state index contributed by atoms with van der Waals surface area (Å²) >= 11 is 1.23. The summed E-state index contributed by atoms with van der Waals surface area (Å²) in [4.78, 5) is 26.1. The molecule has 0 aliphatic rings. The number of nitrogens with zero attached hydrogens (tertiary/aromatic N) is 6. The van der Waals surface area contributed by atoms with Crippen molar-refractivity contribution in [1.82, 2.24) is 29.6 Å². The highest BCUT2D eigenvalue weighted by Gasteiger charge is 2.24. The molecule has 1 unspecified atom stereocenters. The van der Waals surface area contributed by atoms with Crippen LogP contribution in [0.5, 0.6) is 0 Å². The van der Waals surface area contributed by atoms with Crippen LogP contribution >= 0.6 is 11.8 Å². The molecule has 0 radical (unpaired) electrons. The van der Waals surface area contributed by atoms with Gasteiger partial charge in [0.25, 0.3) is 5.56 Å². The molecule has 0 spiro atoms. The Kier molecular flexibility index (Phi) is 6.19. The van der Waals surface area contributed by atoms with Crippen LogP contribution in [-0.4, -0.2) is 40.7 Å². The quantitative estimate of drug-likeness (QED) is 0.441. The largest absolute Gasteiger partial charge is 0.319 e. The molecular formula is C23H25N7O2S. The Bertz CT molecular complexity index is 1370. The van der Waals surface area contributed by atoms with Gasteiger partial charge in [-0.1, -0.05) is 47.7 Å². The molecule has 170 valence electrons. The number of aromatic nitrogens is 6. The van der Waals surface area contributed by atoms with Crippen molar-refractivity contribution in [2.24, 2.45) is 7.05 Å². The number of aryl methyl sites for hydroxylation is 2. The normalized spacial score (nSPS) is 12.0. The summed E-state index contributed by atoms with van der Waals surface area (Å²) in [5.74, 6) is -0.304. The molecule has 2 heterocycles. The highest BCUT2D eigenvalue weighted by atomic mass is 32.2. The van der Waals surface area contributed by atoms with Crippen LogP contribution in [0.3, 0.4) is 0 Å². The monoisotopic (exact) mass is 463 g/mol. The zero-order chi connectivity index (χ0) is 23.7. The Balaban J connectivity index is 1.56. The van der Waals surface area contributed by atoms with Crippen molar-refractivity contribution in [2.45, 2.75) is 38.1 Å². The molecule has 9 nitrogen and oxygen atoms in total. The summed E-state index contributed by atoms with van der Waals surface area (Å²) in [6, 6.07) is 15.3. The molecule has 2 aromatic heterocycles. The van der Waals surface area contributed by atoms with Crippen LogP contribution in [-0.2, 0) is 11.8 Å². The van der Waals surface area contributed by atoms with Crippen molar-refractivity contribution in [3.63, 3.8) is 0 Å². The fourth-order valence-electron chi connectivity index (χ4n) is 3.60. The van der Waals surface area contributed by atoms with Gasteiger partial charge in [0.1, 0.15) is 5.69 Å². The lowest BCUT2D eigenvalue weighted by molar-refractivity contribution is -0.115. The van der Waals surface area contributed by atoms with Crippen LogP contribution in [0.15, 0.2) is 58.5 Å². The second-order valence-electron chi connectivity index (χ2n) is 7.85. The maximum absolute atomic E-state index is 13.1. The average molecular weight is 464 g/mol. The Morgan fingerprint density at radius 3 is 2.52 bits per heavy atom. The minimum Gasteiger partial charge on any atom is -0.319 e. The van der Waals surface area contributed by atoms with E-state index >= 15 is 0 Å². The molecule has 1 atom stereocenters. The molecular weight excluding hydrogens is 438 g/mol. The number of benzene rings is 2. The zero-order valence-electron chi connectivity index (χ0n) is 19.1. The van der Waals surface area contributed by atoms with E-state index in [2.05, 4.69) is 26.9 Å². The van der Waals surface area contributed by atoms with E-state index in [-0.39, 0.29) is 17.2 Å². The molecule has 4 aromatic rings. The van der Waals surface area contributed by atoms with Gasteiger partial charge in [0.15, 0.2) is 0 Å². The van der Waals surface area contributed by atoms with Crippen LogP contribution in [0.1, 0.15) is 23.7 Å². The minimum absolute atomic E-state index is 0.257. The fourth-order valence-corrected chi connectivity index (χ4v) is 4.40. The summed E-state index contributed by atoms with van der Waals surface area (Å²) in [5.41, 5.74) is 4.39. The average Bonchev–Trinajstić information content (AvgIpc) is 3.32. The van der Waals surface area contributed by atoms with E-state index in [0.29, 0.717) is 10.9 Å². The summed E-state index contributed by atoms with van der Waals surface area (Å²) in [6.07, 6.45) is 0. The Hall–Kier alpha value is -3.66. The van der Waals surface area contributed by atoms with Crippen molar-refractivity contribution in [2.75, 3.05) is 5.32 Å². The van der Waals surface area contributed by atoms with Gasteiger partial charge in [-0.3, -0.25) is 14.3 Å². The predicted molar refractivity (Wildman–Crippen MR) is 128 cm³/mol. The topological polar surface area (TPSA) is 99.6 Å². The number of amides is 1. The van der Waals surface area contributed by atoms with Crippen LogP contribution in [0.25, 0.3) is 11.4 Å². The maximum atomic E-state index is 13.1. The first-order valence-electron chi connectivity index (χ1n) is 10.5. The number of thioether (sulfide) groups is 1. The Morgan fingerprint density at radius 1 is 1.09 bits per heavy atom. The molecule has 4 rings (SSSR count). The van der Waals surface area contributed by atoms with E-state index in [0.717, 1.165) is 22.5 Å². The SMILES string of the molecule is Cc1ccc(-n2nnnc2SC(C)C(=O)Nc2c(C)n(C)n(-c3ccccc3)c2=O)c(C)c1.